The number of aryl methyl sites for hydroxylation is 2. The lowest BCUT2D eigenvalue weighted by Gasteiger charge is -2.15. The van der Waals surface area contributed by atoms with Crippen molar-refractivity contribution in [3.63, 3.8) is 0 Å². The fraction of sp³-hybridized carbons (Fsp3) is 0.250. The summed E-state index contributed by atoms with van der Waals surface area (Å²) >= 11 is 0. The van der Waals surface area contributed by atoms with Crippen molar-refractivity contribution in [1.82, 2.24) is 0 Å². The van der Waals surface area contributed by atoms with Crippen molar-refractivity contribution < 1.29 is 5.11 Å². The van der Waals surface area contributed by atoms with E-state index in [0.29, 0.717) is 6.54 Å². The Morgan fingerprint density at radius 2 is 1.78 bits per heavy atom. The van der Waals surface area contributed by atoms with Crippen LogP contribution in [0.4, 0.5) is 5.69 Å². The SMILES string of the molecule is Cc1ccc(C)c(NC[C@H](O)c2ccccc2)c1. The molecule has 18 heavy (non-hydrogen) atoms. The Morgan fingerprint density at radius 1 is 1.06 bits per heavy atom. The van der Waals surface area contributed by atoms with E-state index in [1.807, 2.05) is 30.3 Å². The Hall–Kier alpha value is -1.80. The Bertz CT molecular complexity index is 508. The number of nitrogens with one attached hydrogen (secondary N) is 1. The number of hydrogen-bond acceptors (Lipinski definition) is 2. The highest BCUT2D eigenvalue weighted by Crippen LogP contribution is 2.18. The predicted octanol–water partition coefficient (Wildman–Crippen LogP) is 3.45. The maximum absolute atomic E-state index is 10.1. The van der Waals surface area contributed by atoms with E-state index in [0.717, 1.165) is 11.3 Å². The van der Waals surface area contributed by atoms with Gasteiger partial charge in [-0.2, -0.15) is 0 Å². The molecule has 2 aromatic rings. The van der Waals surface area contributed by atoms with Gasteiger partial charge in [0, 0.05) is 12.2 Å². The van der Waals surface area contributed by atoms with Gasteiger partial charge < -0.3 is 10.4 Å². The average Bonchev–Trinajstić information content (AvgIpc) is 2.40. The third kappa shape index (κ3) is 3.11. The van der Waals surface area contributed by atoms with Crippen molar-refractivity contribution in [2.45, 2.75) is 20.0 Å². The second-order valence-electron chi connectivity index (χ2n) is 4.63. The van der Waals surface area contributed by atoms with E-state index in [9.17, 15) is 5.11 Å². The topological polar surface area (TPSA) is 32.3 Å². The van der Waals surface area contributed by atoms with Crippen LogP contribution < -0.4 is 5.32 Å². The van der Waals surface area contributed by atoms with E-state index in [-0.39, 0.29) is 0 Å². The van der Waals surface area contributed by atoms with Gasteiger partial charge in [0.2, 0.25) is 0 Å². The molecule has 0 aliphatic heterocycles. The number of anilines is 1. The maximum Gasteiger partial charge on any atom is 0.0962 e. The van der Waals surface area contributed by atoms with Crippen LogP contribution in [0, 0.1) is 13.8 Å². The van der Waals surface area contributed by atoms with Gasteiger partial charge in [0.25, 0.3) is 0 Å². The summed E-state index contributed by atoms with van der Waals surface area (Å²) in [6.07, 6.45) is -0.480. The lowest BCUT2D eigenvalue weighted by molar-refractivity contribution is 0.191. The molecule has 0 saturated carbocycles. The van der Waals surface area contributed by atoms with Gasteiger partial charge in [0.1, 0.15) is 0 Å². The van der Waals surface area contributed by atoms with E-state index in [4.69, 9.17) is 0 Å². The Morgan fingerprint density at radius 3 is 2.50 bits per heavy atom. The van der Waals surface area contributed by atoms with Crippen LogP contribution in [-0.4, -0.2) is 11.7 Å². The van der Waals surface area contributed by atoms with Crippen molar-refractivity contribution in [1.29, 1.82) is 0 Å². The zero-order chi connectivity index (χ0) is 13.0. The second-order valence-corrected chi connectivity index (χ2v) is 4.63. The van der Waals surface area contributed by atoms with Crippen LogP contribution in [0.25, 0.3) is 0 Å². The Labute approximate surface area is 108 Å². The molecule has 0 aromatic heterocycles. The maximum atomic E-state index is 10.1. The number of hydrogen-bond donors (Lipinski definition) is 2. The highest BCUT2D eigenvalue weighted by Gasteiger charge is 2.07. The van der Waals surface area contributed by atoms with Gasteiger partial charge in [-0.1, -0.05) is 42.5 Å². The van der Waals surface area contributed by atoms with Gasteiger partial charge >= 0.3 is 0 Å². The van der Waals surface area contributed by atoms with Gasteiger partial charge in [-0.3, -0.25) is 0 Å². The third-order valence-corrected chi connectivity index (χ3v) is 3.06. The number of aliphatic hydroxyl groups is 1. The molecule has 2 nitrogen and oxygen atoms in total. The molecule has 2 aromatic carbocycles. The molecule has 0 amide bonds. The average molecular weight is 241 g/mol. The van der Waals surface area contributed by atoms with E-state index in [2.05, 4.69) is 37.4 Å². The molecule has 2 rings (SSSR count). The summed E-state index contributed by atoms with van der Waals surface area (Å²) in [6, 6.07) is 16.0. The van der Waals surface area contributed by atoms with Crippen molar-refractivity contribution >= 4 is 5.69 Å². The summed E-state index contributed by atoms with van der Waals surface area (Å²) in [6.45, 7) is 4.66. The molecular formula is C16H19NO. The first-order valence-corrected chi connectivity index (χ1v) is 6.21. The van der Waals surface area contributed by atoms with Crippen LogP contribution in [0.15, 0.2) is 48.5 Å². The minimum atomic E-state index is -0.480. The van der Waals surface area contributed by atoms with Crippen molar-refractivity contribution in [2.75, 3.05) is 11.9 Å². The molecule has 94 valence electrons. The first-order valence-electron chi connectivity index (χ1n) is 6.21. The molecule has 0 spiro atoms. The molecule has 2 N–H and O–H groups in total. The largest absolute Gasteiger partial charge is 0.387 e. The minimum absolute atomic E-state index is 0.480. The van der Waals surface area contributed by atoms with Crippen LogP contribution in [0.5, 0.6) is 0 Å². The van der Waals surface area contributed by atoms with Crippen LogP contribution in [-0.2, 0) is 0 Å². The van der Waals surface area contributed by atoms with Gasteiger partial charge in [-0.05, 0) is 36.6 Å². The first-order chi connectivity index (χ1) is 8.66. The molecule has 0 bridgehead atoms. The molecule has 2 heteroatoms. The molecule has 0 aliphatic rings. The van der Waals surface area contributed by atoms with E-state index >= 15 is 0 Å². The minimum Gasteiger partial charge on any atom is -0.387 e. The summed E-state index contributed by atoms with van der Waals surface area (Å²) in [7, 11) is 0. The van der Waals surface area contributed by atoms with Crippen LogP contribution in [0.2, 0.25) is 0 Å². The van der Waals surface area contributed by atoms with Crippen LogP contribution in [0.3, 0.4) is 0 Å². The van der Waals surface area contributed by atoms with E-state index < -0.39 is 6.10 Å². The summed E-state index contributed by atoms with van der Waals surface area (Å²) in [5.74, 6) is 0. The normalized spacial score (nSPS) is 12.2. The Kier molecular flexibility index (Phi) is 4.00. The van der Waals surface area contributed by atoms with Crippen molar-refractivity contribution in [3.8, 4) is 0 Å². The van der Waals surface area contributed by atoms with Gasteiger partial charge in [0.05, 0.1) is 6.10 Å². The molecule has 0 heterocycles. The summed E-state index contributed by atoms with van der Waals surface area (Å²) in [5, 5.41) is 13.4. The number of aliphatic hydroxyl groups excluding tert-OH is 1. The first kappa shape index (κ1) is 12.7. The highest BCUT2D eigenvalue weighted by atomic mass is 16.3. The molecule has 1 atom stereocenters. The second kappa shape index (κ2) is 5.69. The van der Waals surface area contributed by atoms with E-state index in [1.54, 1.807) is 0 Å². The standard InChI is InChI=1S/C16H19NO/c1-12-8-9-13(2)15(10-12)17-11-16(18)14-6-4-3-5-7-14/h3-10,16-18H,11H2,1-2H3/t16-/m0/s1. The zero-order valence-electron chi connectivity index (χ0n) is 10.9. The third-order valence-electron chi connectivity index (χ3n) is 3.06. The summed E-state index contributed by atoms with van der Waals surface area (Å²) in [4.78, 5) is 0. The quantitative estimate of drug-likeness (QED) is 0.859. The summed E-state index contributed by atoms with van der Waals surface area (Å²) < 4.78 is 0. The van der Waals surface area contributed by atoms with Gasteiger partial charge in [0.15, 0.2) is 0 Å². The molecule has 0 radical (unpaired) electrons. The molecule has 0 fully saturated rings. The van der Waals surface area contributed by atoms with Gasteiger partial charge in [-0.25, -0.2) is 0 Å². The predicted molar refractivity (Wildman–Crippen MR) is 75.8 cm³/mol. The lowest BCUT2D eigenvalue weighted by atomic mass is 10.1. The highest BCUT2D eigenvalue weighted by molar-refractivity contribution is 5.52. The van der Waals surface area contributed by atoms with E-state index in [1.165, 1.54) is 11.1 Å². The van der Waals surface area contributed by atoms with Crippen LogP contribution >= 0.6 is 0 Å². The van der Waals surface area contributed by atoms with Crippen molar-refractivity contribution in [3.05, 3.63) is 65.2 Å². The Balaban J connectivity index is 2.01. The van der Waals surface area contributed by atoms with Gasteiger partial charge in [-0.15, -0.1) is 0 Å². The monoisotopic (exact) mass is 241 g/mol. The molecule has 0 saturated heterocycles. The zero-order valence-corrected chi connectivity index (χ0v) is 10.9. The molecule has 0 aliphatic carbocycles. The smallest absolute Gasteiger partial charge is 0.0962 e. The van der Waals surface area contributed by atoms with Crippen LogP contribution in [0.1, 0.15) is 22.8 Å². The number of rotatable bonds is 4. The lowest BCUT2D eigenvalue weighted by Crippen LogP contribution is -2.12. The fourth-order valence-electron chi connectivity index (χ4n) is 1.93. The molecular weight excluding hydrogens is 222 g/mol. The summed E-state index contributed by atoms with van der Waals surface area (Å²) in [5.41, 5.74) is 4.44. The molecule has 0 unspecified atom stereocenters. The fourth-order valence-corrected chi connectivity index (χ4v) is 1.93. The number of benzene rings is 2. The van der Waals surface area contributed by atoms with Crippen molar-refractivity contribution in [2.24, 2.45) is 0 Å².